The molecule has 0 amide bonds. The lowest BCUT2D eigenvalue weighted by Gasteiger charge is -2.16. The van der Waals surface area contributed by atoms with Crippen molar-refractivity contribution in [2.45, 2.75) is 0 Å². The summed E-state index contributed by atoms with van der Waals surface area (Å²) < 4.78 is 0. The summed E-state index contributed by atoms with van der Waals surface area (Å²) in [5.74, 6) is 0. The highest BCUT2D eigenvalue weighted by Crippen LogP contribution is 2.48. The Hall–Kier alpha value is 1.14. The van der Waals surface area contributed by atoms with Crippen LogP contribution >= 0.6 is 31.6 Å². The van der Waals surface area contributed by atoms with Gasteiger partial charge in [0, 0.05) is 14.1 Å². The van der Waals surface area contributed by atoms with Gasteiger partial charge in [-0.25, -0.2) is 0 Å². The first-order valence-electron chi connectivity index (χ1n) is 5.72. The van der Waals surface area contributed by atoms with Gasteiger partial charge in [0.05, 0.1) is 5.24 Å². The molecule has 0 aromatic heterocycles. The fraction of sp³-hybridized carbons (Fsp3) is 0. The van der Waals surface area contributed by atoms with Crippen LogP contribution in [0.1, 0.15) is 0 Å². The normalized spacial score (nSPS) is 10.4. The van der Waals surface area contributed by atoms with Crippen LogP contribution in [0, 0.1) is 0 Å². The maximum Gasteiger partial charge on any atom is 0.0584 e. The first-order valence-corrected chi connectivity index (χ1v) is 18.2. The Balaban J connectivity index is 0.000000295. The molecule has 10 heteroatoms. The Morgan fingerprint density at radius 2 is 1.36 bits per heavy atom. The summed E-state index contributed by atoms with van der Waals surface area (Å²) in [5, 5.41) is 0.426. The molecule has 2 aromatic rings. The van der Waals surface area contributed by atoms with Crippen LogP contribution in [0.5, 0.6) is 0 Å². The number of thiol groups is 1. The topological polar surface area (TPSA) is 0 Å². The summed E-state index contributed by atoms with van der Waals surface area (Å²) in [6, 6.07) is 20.3. The molecule has 0 unspecified atom stereocenters. The molecule has 0 aliphatic rings. The third kappa shape index (κ3) is 7.81. The SMILES string of the molecule is S=P(S)(c1ccccc1)c1ccccc1.S=PP=S=S=S=S. The van der Waals surface area contributed by atoms with Crippen molar-refractivity contribution < 1.29 is 0 Å². The zero-order valence-electron chi connectivity index (χ0n) is 11.0. The van der Waals surface area contributed by atoms with E-state index in [2.05, 4.69) is 47.3 Å². The van der Waals surface area contributed by atoms with E-state index >= 15 is 0 Å². The summed E-state index contributed by atoms with van der Waals surface area (Å²) in [6.07, 6.45) is 0. The van der Waals surface area contributed by atoms with E-state index in [9.17, 15) is 0 Å². The number of benzene rings is 2. The van der Waals surface area contributed by atoms with Crippen LogP contribution in [0.25, 0.3) is 0 Å². The molecule has 0 nitrogen and oxygen atoms in total. The number of rotatable bonds is 3. The van der Waals surface area contributed by atoms with E-state index in [1.807, 2.05) is 36.4 Å². The van der Waals surface area contributed by atoms with Crippen molar-refractivity contribution in [1.82, 2.24) is 0 Å². The number of hydrogen-bond acceptors (Lipinski definition) is 3. The largest absolute Gasteiger partial charge is 0.133 e. The van der Waals surface area contributed by atoms with Crippen molar-refractivity contribution in [2.24, 2.45) is 0 Å². The molecule has 0 saturated heterocycles. The Kier molecular flexibility index (Phi) is 12.0. The lowest BCUT2D eigenvalue weighted by atomic mass is 10.4. The van der Waals surface area contributed by atoms with E-state index < -0.39 is 5.24 Å². The summed E-state index contributed by atoms with van der Waals surface area (Å²) in [7, 11) is 6.83. The Morgan fingerprint density at radius 3 is 1.73 bits per heavy atom. The molecule has 0 aliphatic heterocycles. The Labute approximate surface area is 163 Å². The van der Waals surface area contributed by atoms with Crippen molar-refractivity contribution in [3.8, 4) is 0 Å². The predicted octanol–water partition coefficient (Wildman–Crippen LogP) is 4.67. The van der Waals surface area contributed by atoms with Gasteiger partial charge in [0.25, 0.3) is 0 Å². The number of hydrogen-bond donors (Lipinski definition) is 1. The van der Waals surface area contributed by atoms with Gasteiger partial charge in [0.1, 0.15) is 0 Å². The summed E-state index contributed by atoms with van der Waals surface area (Å²) in [4.78, 5) is 0. The lowest BCUT2D eigenvalue weighted by Crippen LogP contribution is -2.10. The second-order valence-corrected chi connectivity index (χ2v) is 19.8. The van der Waals surface area contributed by atoms with Gasteiger partial charge in [0.15, 0.2) is 0 Å². The first kappa shape index (κ1) is 21.2. The zero-order valence-corrected chi connectivity index (χ0v) is 19.5. The summed E-state index contributed by atoms with van der Waals surface area (Å²) in [5.41, 5.74) is 0. The van der Waals surface area contributed by atoms with Gasteiger partial charge in [-0.1, -0.05) is 72.5 Å². The highest BCUT2D eigenvalue weighted by molar-refractivity contribution is 8.68. The average molecular weight is 473 g/mol. The lowest BCUT2D eigenvalue weighted by molar-refractivity contribution is 1.76. The molecule has 2 aromatic carbocycles. The van der Waals surface area contributed by atoms with E-state index in [1.165, 1.54) is 15.9 Å². The minimum atomic E-state index is -1.87. The molecule has 0 bridgehead atoms. The molecular weight excluding hydrogens is 462 g/mol. The summed E-state index contributed by atoms with van der Waals surface area (Å²) >= 11 is 19.6. The minimum absolute atomic E-state index is 0.993. The van der Waals surface area contributed by atoms with Crippen LogP contribution in [0.3, 0.4) is 0 Å². The Bertz CT molecular complexity index is 731. The van der Waals surface area contributed by atoms with Gasteiger partial charge in [0.2, 0.25) is 0 Å². The average Bonchev–Trinajstić information content (AvgIpc) is 2.58. The monoisotopic (exact) mass is 472 g/mol. The van der Waals surface area contributed by atoms with E-state index in [1.54, 1.807) is 18.4 Å². The van der Waals surface area contributed by atoms with Crippen LogP contribution in [0.4, 0.5) is 0 Å². The minimum Gasteiger partial charge on any atom is -0.133 e. The zero-order chi connectivity index (χ0) is 16.3. The van der Waals surface area contributed by atoms with E-state index in [-0.39, 0.29) is 0 Å². The fourth-order valence-electron chi connectivity index (χ4n) is 1.45. The van der Waals surface area contributed by atoms with Crippen LogP contribution < -0.4 is 10.6 Å². The molecule has 2 rings (SSSR count). The van der Waals surface area contributed by atoms with Crippen LogP contribution in [-0.4, -0.2) is 0 Å². The predicted molar refractivity (Wildman–Crippen MR) is 126 cm³/mol. The van der Waals surface area contributed by atoms with Crippen molar-refractivity contribution >= 4 is 104 Å². The third-order valence-electron chi connectivity index (χ3n) is 2.34. The molecule has 0 N–H and O–H groups in total. The maximum atomic E-state index is 5.65. The maximum absolute atomic E-state index is 5.65. The molecule has 0 fully saturated rings. The second kappa shape index (κ2) is 12.5. The van der Waals surface area contributed by atoms with Gasteiger partial charge in [-0.3, -0.25) is 0 Å². The van der Waals surface area contributed by atoms with Gasteiger partial charge in [-0.05, 0) is 60.9 Å². The molecule has 116 valence electrons. The molecule has 0 saturated carbocycles. The highest BCUT2D eigenvalue weighted by atomic mass is 33.3. The molecular formula is C12H11P3S7. The summed E-state index contributed by atoms with van der Waals surface area (Å²) in [6.45, 7) is 0. The van der Waals surface area contributed by atoms with Crippen LogP contribution in [0.2, 0.25) is 0 Å². The van der Waals surface area contributed by atoms with Crippen molar-refractivity contribution in [1.29, 1.82) is 0 Å². The smallest absolute Gasteiger partial charge is 0.0584 e. The van der Waals surface area contributed by atoms with Gasteiger partial charge >= 0.3 is 0 Å². The fourth-order valence-corrected chi connectivity index (χ4v) is 14.0. The van der Waals surface area contributed by atoms with Crippen molar-refractivity contribution in [2.75, 3.05) is 0 Å². The molecule has 22 heavy (non-hydrogen) atoms. The van der Waals surface area contributed by atoms with Crippen molar-refractivity contribution in [3.05, 3.63) is 60.7 Å². The van der Waals surface area contributed by atoms with E-state index in [0.717, 1.165) is 17.7 Å². The van der Waals surface area contributed by atoms with Gasteiger partial charge in [-0.15, -0.1) is 12.2 Å². The quantitative estimate of drug-likeness (QED) is 0.510. The molecule has 0 heterocycles. The van der Waals surface area contributed by atoms with Gasteiger partial charge < -0.3 is 0 Å². The first-order chi connectivity index (χ1) is 10.6. The Morgan fingerprint density at radius 1 is 0.909 bits per heavy atom. The van der Waals surface area contributed by atoms with E-state index in [0.29, 0.717) is 0 Å². The van der Waals surface area contributed by atoms with Crippen molar-refractivity contribution in [3.63, 3.8) is 0 Å². The molecule has 0 radical (unpaired) electrons. The molecule has 0 atom stereocenters. The second-order valence-electron chi connectivity index (χ2n) is 3.62. The van der Waals surface area contributed by atoms with Crippen LogP contribution in [0.15, 0.2) is 60.7 Å². The van der Waals surface area contributed by atoms with E-state index in [4.69, 9.17) is 24.1 Å². The van der Waals surface area contributed by atoms with Crippen LogP contribution in [-0.2, 0) is 62.1 Å². The highest BCUT2D eigenvalue weighted by Gasteiger charge is 2.15. The standard InChI is InChI=1S/C12H11PS2.P2S5/c14-13(15,11-7-3-1-4-8-11)12-9-5-2-6-10-12;3-1-2-5-7-6-4/h1-10H,(H,14,15);. The molecule has 0 aliphatic carbocycles. The van der Waals surface area contributed by atoms with Gasteiger partial charge in [-0.2, -0.15) is 0 Å². The third-order valence-corrected chi connectivity index (χ3v) is 17.0. The molecule has 0 spiro atoms.